The zero-order valence-electron chi connectivity index (χ0n) is 22.8. The Morgan fingerprint density at radius 2 is 1.82 bits per heavy atom. The number of aliphatic hydroxyl groups is 1. The lowest BCUT2D eigenvalue weighted by atomic mass is 9.85. The molecule has 1 aromatic heterocycles. The number of H-pyrrole nitrogens is 1. The van der Waals surface area contributed by atoms with Crippen molar-refractivity contribution in [2.24, 2.45) is 5.92 Å². The third kappa shape index (κ3) is 6.64. The molecule has 2 N–H and O–H groups in total. The van der Waals surface area contributed by atoms with Gasteiger partial charge in [0, 0.05) is 52.8 Å². The number of amides is 1. The fraction of sp³-hybridized carbons (Fsp3) is 0.344. The second-order valence-corrected chi connectivity index (χ2v) is 11.6. The standard InChI is InChI=1S/C32H35Cl2N3O3/c1-21(38)31-30(36(2)19-23-14-25(33)16-26(34)15-23)11-13-37(32(31)39)12-10-24-18-35-29-9-8-27(17-28(24)29)40-20-22-6-4-3-5-7-22/h3-9,14-18,21,30-31,35,38H,10-13,19-20H2,1-2H3. The Kier molecular flexibility index (Phi) is 9.01. The average molecular weight is 581 g/mol. The van der Waals surface area contributed by atoms with Crippen LogP contribution in [0.1, 0.15) is 30.0 Å². The van der Waals surface area contributed by atoms with Crippen molar-refractivity contribution in [2.45, 2.75) is 45.1 Å². The van der Waals surface area contributed by atoms with Gasteiger partial charge in [0.05, 0.1) is 12.0 Å². The van der Waals surface area contributed by atoms with Crippen LogP contribution in [0, 0.1) is 5.92 Å². The first-order chi connectivity index (χ1) is 19.3. The van der Waals surface area contributed by atoms with Crippen molar-refractivity contribution in [1.82, 2.24) is 14.8 Å². The lowest BCUT2D eigenvalue weighted by Crippen LogP contribution is -2.56. The number of likely N-dealkylation sites (tertiary alicyclic amines) is 1. The predicted molar refractivity (Wildman–Crippen MR) is 161 cm³/mol. The third-order valence-electron chi connectivity index (χ3n) is 7.78. The van der Waals surface area contributed by atoms with Gasteiger partial charge >= 0.3 is 0 Å². The number of piperidine rings is 1. The second kappa shape index (κ2) is 12.6. The van der Waals surface area contributed by atoms with Gasteiger partial charge in [0.1, 0.15) is 12.4 Å². The first-order valence-electron chi connectivity index (χ1n) is 13.7. The summed E-state index contributed by atoms with van der Waals surface area (Å²) < 4.78 is 6.04. The number of aromatic nitrogens is 1. The number of aliphatic hydroxyl groups excluding tert-OH is 1. The summed E-state index contributed by atoms with van der Waals surface area (Å²) in [6.07, 6.45) is 2.74. The highest BCUT2D eigenvalue weighted by Gasteiger charge is 2.41. The Hall–Kier alpha value is -3.03. The minimum absolute atomic E-state index is 0.00560. The molecule has 0 saturated carbocycles. The number of carbonyl (C=O) groups excluding carboxylic acids is 1. The van der Waals surface area contributed by atoms with Crippen LogP contribution in [0.4, 0.5) is 0 Å². The fourth-order valence-electron chi connectivity index (χ4n) is 5.76. The van der Waals surface area contributed by atoms with Gasteiger partial charge in [0.15, 0.2) is 0 Å². The normalized spacial score (nSPS) is 18.4. The summed E-state index contributed by atoms with van der Waals surface area (Å²) in [6, 6.07) is 21.6. The smallest absolute Gasteiger partial charge is 0.229 e. The third-order valence-corrected chi connectivity index (χ3v) is 8.22. The lowest BCUT2D eigenvalue weighted by molar-refractivity contribution is -0.147. The number of carbonyl (C=O) groups is 1. The molecule has 210 valence electrons. The van der Waals surface area contributed by atoms with E-state index in [4.69, 9.17) is 27.9 Å². The zero-order chi connectivity index (χ0) is 28.2. The van der Waals surface area contributed by atoms with E-state index < -0.39 is 12.0 Å². The van der Waals surface area contributed by atoms with Gasteiger partial charge in [-0.1, -0.05) is 53.5 Å². The summed E-state index contributed by atoms with van der Waals surface area (Å²) in [6.45, 7) is 4.03. The van der Waals surface area contributed by atoms with Gasteiger partial charge in [0.25, 0.3) is 0 Å². The molecule has 40 heavy (non-hydrogen) atoms. The van der Waals surface area contributed by atoms with Crippen molar-refractivity contribution in [3.8, 4) is 5.75 Å². The summed E-state index contributed by atoms with van der Waals surface area (Å²) in [5, 5.41) is 12.9. The first kappa shape index (κ1) is 28.5. The van der Waals surface area contributed by atoms with Gasteiger partial charge in [-0.25, -0.2) is 0 Å². The molecule has 0 radical (unpaired) electrons. The molecule has 1 fully saturated rings. The van der Waals surface area contributed by atoms with Crippen LogP contribution >= 0.6 is 23.2 Å². The van der Waals surface area contributed by atoms with Gasteiger partial charge < -0.3 is 19.7 Å². The summed E-state index contributed by atoms with van der Waals surface area (Å²) in [5.74, 6) is 0.301. The Bertz CT molecular complexity index is 1440. The first-order valence-corrected chi connectivity index (χ1v) is 14.4. The molecule has 4 aromatic rings. The topological polar surface area (TPSA) is 68.8 Å². The molecule has 5 rings (SSSR count). The van der Waals surface area contributed by atoms with Crippen LogP contribution in [0.5, 0.6) is 5.75 Å². The van der Waals surface area contributed by atoms with Crippen molar-refractivity contribution in [1.29, 1.82) is 0 Å². The van der Waals surface area contributed by atoms with Gasteiger partial charge in [-0.2, -0.15) is 0 Å². The average Bonchev–Trinajstić information content (AvgIpc) is 3.33. The Morgan fingerprint density at radius 1 is 1.07 bits per heavy atom. The number of rotatable bonds is 10. The molecule has 3 unspecified atom stereocenters. The molecule has 0 bridgehead atoms. The van der Waals surface area contributed by atoms with Crippen molar-refractivity contribution in [3.63, 3.8) is 0 Å². The number of ether oxygens (including phenoxy) is 1. The van der Waals surface area contributed by atoms with Crippen LogP contribution < -0.4 is 4.74 Å². The van der Waals surface area contributed by atoms with Gasteiger partial charge in [-0.05, 0) is 79.9 Å². The number of benzene rings is 3. The molecule has 6 nitrogen and oxygen atoms in total. The van der Waals surface area contributed by atoms with Crippen LogP contribution in [0.25, 0.3) is 10.9 Å². The second-order valence-electron chi connectivity index (χ2n) is 10.7. The monoisotopic (exact) mass is 579 g/mol. The summed E-state index contributed by atoms with van der Waals surface area (Å²) in [4.78, 5) is 21.0. The lowest BCUT2D eigenvalue weighted by Gasteiger charge is -2.43. The highest BCUT2D eigenvalue weighted by molar-refractivity contribution is 6.34. The molecule has 8 heteroatoms. The maximum Gasteiger partial charge on any atom is 0.229 e. The quantitative estimate of drug-likeness (QED) is 0.230. The Morgan fingerprint density at radius 3 is 2.55 bits per heavy atom. The van der Waals surface area contributed by atoms with Crippen molar-refractivity contribution < 1.29 is 14.6 Å². The SMILES string of the molecule is CC(O)C1C(=O)N(CCc2c[nH]c3ccc(OCc4ccccc4)cc23)CCC1N(C)Cc1cc(Cl)cc(Cl)c1. The largest absolute Gasteiger partial charge is 0.489 e. The van der Waals surface area contributed by atoms with Crippen LogP contribution in [0.15, 0.2) is 72.9 Å². The number of hydrogen-bond acceptors (Lipinski definition) is 4. The predicted octanol–water partition coefficient (Wildman–Crippen LogP) is 6.33. The maximum absolute atomic E-state index is 13.6. The number of halogens is 2. The van der Waals surface area contributed by atoms with E-state index in [1.807, 2.05) is 72.7 Å². The van der Waals surface area contributed by atoms with E-state index in [0.717, 1.165) is 39.8 Å². The molecule has 1 saturated heterocycles. The summed E-state index contributed by atoms with van der Waals surface area (Å²) in [5.41, 5.74) is 4.27. The fourth-order valence-corrected chi connectivity index (χ4v) is 6.33. The molecule has 1 aliphatic heterocycles. The molecule has 3 atom stereocenters. The molecule has 0 spiro atoms. The van der Waals surface area contributed by atoms with Crippen molar-refractivity contribution in [2.75, 3.05) is 20.1 Å². The summed E-state index contributed by atoms with van der Waals surface area (Å²) >= 11 is 12.4. The number of aromatic amines is 1. The van der Waals surface area contributed by atoms with E-state index in [0.29, 0.717) is 42.7 Å². The highest BCUT2D eigenvalue weighted by Crippen LogP contribution is 2.30. The van der Waals surface area contributed by atoms with Gasteiger partial charge in [-0.15, -0.1) is 0 Å². The van der Waals surface area contributed by atoms with E-state index in [9.17, 15) is 9.90 Å². The number of nitrogens with zero attached hydrogens (tertiary/aromatic N) is 2. The van der Waals surface area contributed by atoms with Crippen LogP contribution in [-0.4, -0.2) is 58.1 Å². The van der Waals surface area contributed by atoms with Crippen LogP contribution in [-0.2, 0) is 24.4 Å². The molecular formula is C32H35Cl2N3O3. The maximum atomic E-state index is 13.6. The molecule has 3 aromatic carbocycles. The van der Waals surface area contributed by atoms with E-state index in [1.165, 1.54) is 0 Å². The number of fused-ring (bicyclic) bond motifs is 1. The molecular weight excluding hydrogens is 545 g/mol. The Balaban J connectivity index is 1.23. The van der Waals surface area contributed by atoms with E-state index in [-0.39, 0.29) is 11.9 Å². The Labute approximate surface area is 245 Å². The molecule has 2 heterocycles. The molecule has 1 amide bonds. The van der Waals surface area contributed by atoms with E-state index >= 15 is 0 Å². The minimum Gasteiger partial charge on any atom is -0.489 e. The minimum atomic E-state index is -0.761. The van der Waals surface area contributed by atoms with E-state index in [1.54, 1.807) is 13.0 Å². The number of nitrogens with one attached hydrogen (secondary N) is 1. The molecule has 1 aliphatic rings. The van der Waals surface area contributed by atoms with Crippen LogP contribution in [0.2, 0.25) is 10.0 Å². The van der Waals surface area contributed by atoms with Gasteiger partial charge in [0.2, 0.25) is 5.91 Å². The highest BCUT2D eigenvalue weighted by atomic mass is 35.5. The zero-order valence-corrected chi connectivity index (χ0v) is 24.3. The number of hydrogen-bond donors (Lipinski definition) is 2. The van der Waals surface area contributed by atoms with Crippen molar-refractivity contribution in [3.05, 3.63) is 99.7 Å². The summed E-state index contributed by atoms with van der Waals surface area (Å²) in [7, 11) is 1.99. The van der Waals surface area contributed by atoms with Crippen LogP contribution in [0.3, 0.4) is 0 Å². The van der Waals surface area contributed by atoms with Gasteiger partial charge in [-0.3, -0.25) is 9.69 Å². The molecule has 0 aliphatic carbocycles. The van der Waals surface area contributed by atoms with Crippen molar-refractivity contribution >= 4 is 40.0 Å². The van der Waals surface area contributed by atoms with E-state index in [2.05, 4.69) is 16.0 Å².